The van der Waals surface area contributed by atoms with Crippen molar-refractivity contribution in [1.82, 2.24) is 4.90 Å². The molecule has 2 amide bonds. The van der Waals surface area contributed by atoms with E-state index >= 15 is 0 Å². The normalized spacial score (nSPS) is 15.9. The van der Waals surface area contributed by atoms with Crippen molar-refractivity contribution in [2.24, 2.45) is 0 Å². The van der Waals surface area contributed by atoms with Crippen LogP contribution in [0.3, 0.4) is 0 Å². The molecule has 1 N–H and O–H groups in total. The minimum absolute atomic E-state index is 0.0305. The Balaban J connectivity index is 1.74. The van der Waals surface area contributed by atoms with Gasteiger partial charge in [-0.25, -0.2) is 0 Å². The van der Waals surface area contributed by atoms with Crippen molar-refractivity contribution in [2.45, 2.75) is 12.8 Å². The SMILES string of the molecule is COc1cc(/C=C2\CC(=O)N(CCc3ccccc3)C2=O)ccc1O. The monoisotopic (exact) mass is 337 g/mol. The number of hydrogen-bond donors (Lipinski definition) is 1. The summed E-state index contributed by atoms with van der Waals surface area (Å²) in [5.74, 6) is -0.0825. The number of carbonyl (C=O) groups is 2. The smallest absolute Gasteiger partial charge is 0.256 e. The second-order valence-corrected chi connectivity index (χ2v) is 5.86. The molecule has 0 radical (unpaired) electrons. The van der Waals surface area contributed by atoms with Crippen LogP contribution in [0.5, 0.6) is 11.5 Å². The van der Waals surface area contributed by atoms with Crippen molar-refractivity contribution in [2.75, 3.05) is 13.7 Å². The minimum atomic E-state index is -0.257. The lowest BCUT2D eigenvalue weighted by molar-refractivity contribution is -0.137. The van der Waals surface area contributed by atoms with Gasteiger partial charge in [0.1, 0.15) is 0 Å². The Morgan fingerprint density at radius 3 is 2.64 bits per heavy atom. The largest absolute Gasteiger partial charge is 0.504 e. The van der Waals surface area contributed by atoms with E-state index in [4.69, 9.17) is 4.74 Å². The van der Waals surface area contributed by atoms with E-state index in [2.05, 4.69) is 0 Å². The maximum absolute atomic E-state index is 12.5. The van der Waals surface area contributed by atoms with Crippen LogP contribution in [-0.2, 0) is 16.0 Å². The molecule has 1 fully saturated rings. The lowest BCUT2D eigenvalue weighted by Crippen LogP contribution is -2.31. The van der Waals surface area contributed by atoms with Crippen LogP contribution in [-0.4, -0.2) is 35.5 Å². The van der Waals surface area contributed by atoms with E-state index < -0.39 is 0 Å². The Hall–Kier alpha value is -3.08. The van der Waals surface area contributed by atoms with Crippen molar-refractivity contribution in [3.8, 4) is 11.5 Å². The van der Waals surface area contributed by atoms with Gasteiger partial charge < -0.3 is 9.84 Å². The van der Waals surface area contributed by atoms with Gasteiger partial charge in [-0.1, -0.05) is 36.4 Å². The maximum Gasteiger partial charge on any atom is 0.256 e. The fraction of sp³-hybridized carbons (Fsp3) is 0.200. The molecule has 0 spiro atoms. The highest BCUT2D eigenvalue weighted by Gasteiger charge is 2.33. The summed E-state index contributed by atoms with van der Waals surface area (Å²) in [5, 5.41) is 9.64. The number of phenolic OH excluding ortho intramolecular Hbond substituents is 1. The Morgan fingerprint density at radius 2 is 1.92 bits per heavy atom. The van der Waals surface area contributed by atoms with Crippen LogP contribution < -0.4 is 4.74 Å². The molecule has 0 unspecified atom stereocenters. The molecular formula is C20H19NO4. The fourth-order valence-corrected chi connectivity index (χ4v) is 2.83. The molecule has 3 rings (SSSR count). The summed E-state index contributed by atoms with van der Waals surface area (Å²) in [5.41, 5.74) is 2.24. The number of benzene rings is 2. The third-order valence-electron chi connectivity index (χ3n) is 4.17. The van der Waals surface area contributed by atoms with Crippen LogP contribution >= 0.6 is 0 Å². The molecule has 0 saturated carbocycles. The minimum Gasteiger partial charge on any atom is -0.504 e. The van der Waals surface area contributed by atoms with Crippen LogP contribution in [0.15, 0.2) is 54.1 Å². The summed E-state index contributed by atoms with van der Waals surface area (Å²) in [6, 6.07) is 14.6. The third kappa shape index (κ3) is 3.71. The van der Waals surface area contributed by atoms with E-state index in [0.29, 0.717) is 29.9 Å². The Morgan fingerprint density at radius 1 is 1.16 bits per heavy atom. The number of hydrogen-bond acceptors (Lipinski definition) is 4. The number of aromatic hydroxyl groups is 1. The second-order valence-electron chi connectivity index (χ2n) is 5.86. The molecule has 1 saturated heterocycles. The summed E-state index contributed by atoms with van der Waals surface area (Å²) < 4.78 is 5.07. The molecule has 5 nitrogen and oxygen atoms in total. The molecule has 1 aliphatic rings. The number of ether oxygens (including phenoxy) is 1. The van der Waals surface area contributed by atoms with Crippen molar-refractivity contribution in [3.05, 3.63) is 65.2 Å². The van der Waals surface area contributed by atoms with Gasteiger partial charge in [0.05, 0.1) is 13.5 Å². The van der Waals surface area contributed by atoms with Crippen molar-refractivity contribution in [3.63, 3.8) is 0 Å². The highest BCUT2D eigenvalue weighted by atomic mass is 16.5. The maximum atomic E-state index is 12.5. The van der Waals surface area contributed by atoms with Crippen molar-refractivity contribution < 1.29 is 19.4 Å². The molecule has 0 aromatic heterocycles. The van der Waals surface area contributed by atoms with Crippen LogP contribution in [0.2, 0.25) is 0 Å². The molecule has 5 heteroatoms. The average molecular weight is 337 g/mol. The number of methoxy groups -OCH3 is 1. The van der Waals surface area contributed by atoms with Gasteiger partial charge in [-0.05, 0) is 35.8 Å². The van der Waals surface area contributed by atoms with E-state index in [1.54, 1.807) is 18.2 Å². The highest BCUT2D eigenvalue weighted by molar-refractivity contribution is 6.15. The molecule has 0 atom stereocenters. The molecule has 1 heterocycles. The predicted octanol–water partition coefficient (Wildman–Crippen LogP) is 2.79. The first-order valence-electron chi connectivity index (χ1n) is 8.04. The number of phenols is 1. The molecular weight excluding hydrogens is 318 g/mol. The zero-order valence-corrected chi connectivity index (χ0v) is 13.9. The molecule has 25 heavy (non-hydrogen) atoms. The van der Waals surface area contributed by atoms with Gasteiger partial charge in [0.25, 0.3) is 5.91 Å². The first-order chi connectivity index (χ1) is 12.1. The molecule has 2 aromatic rings. The molecule has 2 aromatic carbocycles. The molecule has 128 valence electrons. The topological polar surface area (TPSA) is 66.8 Å². The summed E-state index contributed by atoms with van der Waals surface area (Å²) in [4.78, 5) is 26.0. The standard InChI is InChI=1S/C20H19NO4/c1-25-18-12-15(7-8-17(18)22)11-16-13-19(23)21(20(16)24)10-9-14-5-3-2-4-6-14/h2-8,11-12,22H,9-10,13H2,1H3/b16-11+. The quantitative estimate of drug-likeness (QED) is 0.673. The zero-order chi connectivity index (χ0) is 17.8. The molecule has 1 aliphatic heterocycles. The van der Waals surface area contributed by atoms with Gasteiger partial charge in [-0.2, -0.15) is 0 Å². The van der Waals surface area contributed by atoms with Gasteiger partial charge in [-0.15, -0.1) is 0 Å². The number of nitrogens with zero attached hydrogens (tertiary/aromatic N) is 1. The van der Waals surface area contributed by atoms with Gasteiger partial charge >= 0.3 is 0 Å². The van der Waals surface area contributed by atoms with Crippen molar-refractivity contribution >= 4 is 17.9 Å². The van der Waals surface area contributed by atoms with E-state index in [-0.39, 0.29) is 24.0 Å². The van der Waals surface area contributed by atoms with E-state index in [1.165, 1.54) is 18.1 Å². The summed E-state index contributed by atoms with van der Waals surface area (Å²) in [7, 11) is 1.46. The highest BCUT2D eigenvalue weighted by Crippen LogP contribution is 2.29. The Kier molecular flexibility index (Phi) is 4.84. The molecule has 0 bridgehead atoms. The average Bonchev–Trinajstić information content (AvgIpc) is 2.89. The van der Waals surface area contributed by atoms with E-state index in [0.717, 1.165) is 5.56 Å². The summed E-state index contributed by atoms with van der Waals surface area (Å²) >= 11 is 0. The zero-order valence-electron chi connectivity index (χ0n) is 13.9. The third-order valence-corrected chi connectivity index (χ3v) is 4.17. The van der Waals surface area contributed by atoms with Gasteiger partial charge in [0.15, 0.2) is 11.5 Å². The first-order valence-corrected chi connectivity index (χ1v) is 8.04. The van der Waals surface area contributed by atoms with E-state index in [1.807, 2.05) is 30.3 Å². The summed E-state index contributed by atoms with van der Waals surface area (Å²) in [6.07, 6.45) is 2.40. The Labute approximate surface area is 146 Å². The van der Waals surface area contributed by atoms with Crippen LogP contribution in [0.4, 0.5) is 0 Å². The van der Waals surface area contributed by atoms with E-state index in [9.17, 15) is 14.7 Å². The van der Waals surface area contributed by atoms with Gasteiger partial charge in [0.2, 0.25) is 5.91 Å². The van der Waals surface area contributed by atoms with Crippen LogP contribution in [0.1, 0.15) is 17.5 Å². The number of carbonyl (C=O) groups excluding carboxylic acids is 2. The predicted molar refractivity (Wildman–Crippen MR) is 94.1 cm³/mol. The van der Waals surface area contributed by atoms with Crippen molar-refractivity contribution in [1.29, 1.82) is 0 Å². The van der Waals surface area contributed by atoms with Gasteiger partial charge in [-0.3, -0.25) is 14.5 Å². The second kappa shape index (κ2) is 7.21. The number of rotatable bonds is 5. The number of amides is 2. The first kappa shape index (κ1) is 16.8. The molecule has 0 aliphatic carbocycles. The number of likely N-dealkylation sites (tertiary alicyclic amines) is 1. The fourth-order valence-electron chi connectivity index (χ4n) is 2.83. The lowest BCUT2D eigenvalue weighted by atomic mass is 10.1. The van der Waals surface area contributed by atoms with Crippen LogP contribution in [0.25, 0.3) is 6.08 Å². The Bertz CT molecular complexity index is 827. The van der Waals surface area contributed by atoms with Gasteiger partial charge in [0, 0.05) is 12.1 Å². The lowest BCUT2D eigenvalue weighted by Gasteiger charge is -2.13. The van der Waals surface area contributed by atoms with Crippen LogP contribution in [0, 0.1) is 0 Å². The summed E-state index contributed by atoms with van der Waals surface area (Å²) in [6.45, 7) is 0.373. The number of imide groups is 1.